The molecular weight excluding hydrogens is 285 g/mol. The van der Waals surface area contributed by atoms with Crippen molar-refractivity contribution in [2.24, 2.45) is 0 Å². The van der Waals surface area contributed by atoms with E-state index in [1.807, 2.05) is 18.2 Å². The van der Waals surface area contributed by atoms with Gasteiger partial charge in [0.1, 0.15) is 11.4 Å². The Bertz CT molecular complexity index is 857. The van der Waals surface area contributed by atoms with Gasteiger partial charge in [0.15, 0.2) is 17.4 Å². The van der Waals surface area contributed by atoms with Gasteiger partial charge in [0.25, 0.3) is 0 Å². The summed E-state index contributed by atoms with van der Waals surface area (Å²) in [6.45, 7) is 0. The van der Waals surface area contributed by atoms with Gasteiger partial charge in [0.05, 0.1) is 5.52 Å². The molecule has 2 aromatic heterocycles. The predicted molar refractivity (Wildman–Crippen MR) is 78.2 cm³/mol. The summed E-state index contributed by atoms with van der Waals surface area (Å²) in [6.07, 6.45) is 1.21. The van der Waals surface area contributed by atoms with Crippen molar-refractivity contribution in [3.63, 3.8) is 0 Å². The molecule has 0 amide bonds. The fraction of sp³-hybridized carbons (Fsp3) is 0.125. The number of nitrogens with one attached hydrogen (secondary N) is 1. The summed E-state index contributed by atoms with van der Waals surface area (Å²) in [7, 11) is 0. The van der Waals surface area contributed by atoms with Crippen LogP contribution in [-0.4, -0.2) is 26.7 Å². The van der Waals surface area contributed by atoms with Crippen LogP contribution in [0.3, 0.4) is 0 Å². The maximum atomic E-state index is 13.5. The van der Waals surface area contributed by atoms with E-state index < -0.39 is 11.6 Å². The van der Waals surface area contributed by atoms with E-state index in [-0.39, 0.29) is 24.3 Å². The van der Waals surface area contributed by atoms with E-state index in [4.69, 9.17) is 0 Å². The minimum atomic E-state index is -0.676. The van der Waals surface area contributed by atoms with Crippen LogP contribution in [0.4, 0.5) is 4.39 Å². The number of para-hydroxylation sites is 1. The number of pyridine rings is 1. The first-order chi connectivity index (χ1) is 10.7. The molecule has 2 heterocycles. The van der Waals surface area contributed by atoms with Crippen LogP contribution in [0.1, 0.15) is 33.8 Å². The van der Waals surface area contributed by atoms with E-state index in [9.17, 15) is 14.0 Å². The molecular formula is C16H12FN3O2. The Labute approximate surface area is 125 Å². The maximum absolute atomic E-state index is 13.5. The molecule has 1 N–H and O–H groups in total. The number of nitrogens with zero attached hydrogens (tertiary/aromatic N) is 2. The van der Waals surface area contributed by atoms with Gasteiger partial charge in [-0.2, -0.15) is 5.10 Å². The highest BCUT2D eigenvalue weighted by atomic mass is 19.1. The number of benzene rings is 1. The summed E-state index contributed by atoms with van der Waals surface area (Å²) >= 11 is 0. The quantitative estimate of drug-likeness (QED) is 0.735. The average Bonchev–Trinajstić information content (AvgIpc) is 2.97. The number of hydrogen-bond donors (Lipinski definition) is 1. The number of carbonyl (C=O) groups is 2. The van der Waals surface area contributed by atoms with Gasteiger partial charge in [-0.15, -0.1) is 0 Å². The zero-order valence-electron chi connectivity index (χ0n) is 11.5. The SMILES string of the molecule is O=C(CCC(=O)c1n[nH]c2ccccc12)c1ncccc1F. The van der Waals surface area contributed by atoms with E-state index in [1.54, 1.807) is 6.07 Å². The maximum Gasteiger partial charge on any atom is 0.184 e. The second kappa shape index (κ2) is 5.85. The number of fused-ring (bicyclic) bond motifs is 1. The lowest BCUT2D eigenvalue weighted by molar-refractivity contribution is 0.0910. The number of aromatic amines is 1. The van der Waals surface area contributed by atoms with Crippen LogP contribution in [0, 0.1) is 5.82 Å². The Morgan fingerprint density at radius 1 is 1.00 bits per heavy atom. The first kappa shape index (κ1) is 14.1. The molecule has 0 radical (unpaired) electrons. The van der Waals surface area contributed by atoms with Gasteiger partial charge in [-0.05, 0) is 18.2 Å². The number of Topliss-reactive ketones (excluding diaryl/α,β-unsaturated/α-hetero) is 2. The summed E-state index contributed by atoms with van der Waals surface area (Å²) in [5, 5.41) is 7.47. The van der Waals surface area contributed by atoms with Gasteiger partial charge in [-0.1, -0.05) is 18.2 Å². The van der Waals surface area contributed by atoms with Gasteiger partial charge >= 0.3 is 0 Å². The number of rotatable bonds is 5. The summed E-state index contributed by atoms with van der Waals surface area (Å²) in [6, 6.07) is 9.82. The highest BCUT2D eigenvalue weighted by Gasteiger charge is 2.18. The van der Waals surface area contributed by atoms with Gasteiger partial charge in [0, 0.05) is 24.4 Å². The predicted octanol–water partition coefficient (Wildman–Crippen LogP) is 2.94. The molecule has 0 unspecified atom stereocenters. The Hall–Kier alpha value is -2.89. The van der Waals surface area contributed by atoms with Crippen LogP contribution in [0.2, 0.25) is 0 Å². The standard InChI is InChI=1S/C16H12FN3O2/c17-11-5-3-9-18-16(11)14(22)8-7-13(21)15-10-4-1-2-6-12(10)19-20-15/h1-6,9H,7-8H2,(H,19,20). The van der Waals surface area contributed by atoms with Crippen molar-refractivity contribution in [3.05, 3.63) is 59.8 Å². The zero-order chi connectivity index (χ0) is 15.5. The number of ketones is 2. The van der Waals surface area contributed by atoms with Crippen molar-refractivity contribution < 1.29 is 14.0 Å². The normalized spacial score (nSPS) is 10.8. The zero-order valence-corrected chi connectivity index (χ0v) is 11.5. The van der Waals surface area contributed by atoms with Crippen LogP contribution >= 0.6 is 0 Å². The number of hydrogen-bond acceptors (Lipinski definition) is 4. The highest BCUT2D eigenvalue weighted by molar-refractivity contribution is 6.07. The summed E-state index contributed by atoms with van der Waals surface area (Å²) < 4.78 is 13.5. The van der Waals surface area contributed by atoms with Gasteiger partial charge in [-0.25, -0.2) is 4.39 Å². The molecule has 22 heavy (non-hydrogen) atoms. The second-order valence-corrected chi connectivity index (χ2v) is 4.80. The molecule has 0 bridgehead atoms. The third kappa shape index (κ3) is 2.63. The summed E-state index contributed by atoms with van der Waals surface area (Å²) in [4.78, 5) is 27.8. The van der Waals surface area contributed by atoms with Gasteiger partial charge < -0.3 is 0 Å². The molecule has 0 aliphatic carbocycles. The molecule has 0 saturated heterocycles. The molecule has 0 spiro atoms. The number of halogens is 1. The number of carbonyl (C=O) groups excluding carboxylic acids is 2. The lowest BCUT2D eigenvalue weighted by Crippen LogP contribution is -2.09. The van der Waals surface area contributed by atoms with Crippen molar-refractivity contribution in [1.82, 2.24) is 15.2 Å². The third-order valence-electron chi connectivity index (χ3n) is 3.34. The largest absolute Gasteiger partial charge is 0.292 e. The Morgan fingerprint density at radius 2 is 1.73 bits per heavy atom. The van der Waals surface area contributed by atoms with Gasteiger partial charge in [-0.3, -0.25) is 19.7 Å². The van der Waals surface area contributed by atoms with Crippen LogP contribution in [0.5, 0.6) is 0 Å². The van der Waals surface area contributed by atoms with E-state index >= 15 is 0 Å². The summed E-state index contributed by atoms with van der Waals surface area (Å²) in [5.41, 5.74) is 0.819. The Morgan fingerprint density at radius 3 is 2.50 bits per heavy atom. The van der Waals surface area contributed by atoms with E-state index in [2.05, 4.69) is 15.2 Å². The van der Waals surface area contributed by atoms with Crippen molar-refractivity contribution in [2.75, 3.05) is 0 Å². The van der Waals surface area contributed by atoms with Crippen molar-refractivity contribution in [2.45, 2.75) is 12.8 Å². The van der Waals surface area contributed by atoms with Crippen LogP contribution < -0.4 is 0 Å². The molecule has 0 atom stereocenters. The minimum Gasteiger partial charge on any atom is -0.292 e. The molecule has 0 aliphatic rings. The number of aromatic nitrogens is 3. The number of H-pyrrole nitrogens is 1. The Kier molecular flexibility index (Phi) is 3.74. The first-order valence-electron chi connectivity index (χ1n) is 6.77. The molecule has 0 fully saturated rings. The molecule has 110 valence electrons. The summed E-state index contributed by atoms with van der Waals surface area (Å²) in [5.74, 6) is -1.43. The van der Waals surface area contributed by atoms with Crippen LogP contribution in [0.15, 0.2) is 42.6 Å². The van der Waals surface area contributed by atoms with E-state index in [0.29, 0.717) is 11.1 Å². The third-order valence-corrected chi connectivity index (χ3v) is 3.34. The molecule has 1 aromatic carbocycles. The molecule has 3 rings (SSSR count). The smallest absolute Gasteiger partial charge is 0.184 e. The van der Waals surface area contributed by atoms with Crippen molar-refractivity contribution in [1.29, 1.82) is 0 Å². The molecule has 5 nitrogen and oxygen atoms in total. The van der Waals surface area contributed by atoms with Crippen LogP contribution in [0.25, 0.3) is 10.9 Å². The van der Waals surface area contributed by atoms with Crippen molar-refractivity contribution in [3.8, 4) is 0 Å². The fourth-order valence-corrected chi connectivity index (χ4v) is 2.23. The van der Waals surface area contributed by atoms with E-state index in [0.717, 1.165) is 5.52 Å². The first-order valence-corrected chi connectivity index (χ1v) is 6.77. The fourth-order valence-electron chi connectivity index (χ4n) is 2.23. The van der Waals surface area contributed by atoms with Crippen molar-refractivity contribution >= 4 is 22.5 Å². The lowest BCUT2D eigenvalue weighted by atomic mass is 10.1. The van der Waals surface area contributed by atoms with Crippen LogP contribution in [-0.2, 0) is 0 Å². The highest BCUT2D eigenvalue weighted by Crippen LogP contribution is 2.17. The molecule has 0 aliphatic heterocycles. The Balaban J connectivity index is 1.73. The monoisotopic (exact) mass is 297 g/mol. The lowest BCUT2D eigenvalue weighted by Gasteiger charge is -2.00. The molecule has 6 heteroatoms. The van der Waals surface area contributed by atoms with E-state index in [1.165, 1.54) is 18.3 Å². The molecule has 0 saturated carbocycles. The molecule has 3 aromatic rings. The topological polar surface area (TPSA) is 75.7 Å². The second-order valence-electron chi connectivity index (χ2n) is 4.80. The minimum absolute atomic E-state index is 0.0380. The average molecular weight is 297 g/mol. The van der Waals surface area contributed by atoms with Gasteiger partial charge in [0.2, 0.25) is 0 Å².